The number of nitrogens with one attached hydrogen (secondary N) is 1. The number of benzene rings is 1. The second-order valence-electron chi connectivity index (χ2n) is 6.61. The molecule has 1 saturated carbocycles. The summed E-state index contributed by atoms with van der Waals surface area (Å²) in [6.45, 7) is 1.81. The average Bonchev–Trinajstić information content (AvgIpc) is 2.61. The number of aliphatic imine (C=N–C) groups is 2. The Morgan fingerprint density at radius 2 is 2.04 bits per heavy atom. The standard InChI is InChI=1S/C18H26N6O2/c1-3-15(25)21-12-7-8-14(26-2)13(11-12)24-17(20)22-16(19)23-18(24)9-5-4-6-10-18/h7-8,11H,3-6,9-10H2,1-2H3,(H,21,25)(H4,19,20,22,23). The number of methoxy groups -OCH3 is 1. The van der Waals surface area contributed by atoms with Gasteiger partial charge in [-0.05, 0) is 43.9 Å². The van der Waals surface area contributed by atoms with Crippen LogP contribution in [0.5, 0.6) is 5.75 Å². The van der Waals surface area contributed by atoms with E-state index in [1.54, 1.807) is 13.2 Å². The zero-order chi connectivity index (χ0) is 18.7. The summed E-state index contributed by atoms with van der Waals surface area (Å²) in [6.07, 6.45) is 5.30. The Balaban J connectivity index is 2.08. The van der Waals surface area contributed by atoms with Gasteiger partial charge in [-0.3, -0.25) is 9.69 Å². The predicted molar refractivity (Wildman–Crippen MR) is 103 cm³/mol. The molecule has 1 aliphatic carbocycles. The summed E-state index contributed by atoms with van der Waals surface area (Å²) < 4.78 is 5.55. The lowest BCUT2D eigenvalue weighted by atomic mass is 9.87. The highest BCUT2D eigenvalue weighted by Gasteiger charge is 2.43. The number of ether oxygens (including phenoxy) is 1. The predicted octanol–water partition coefficient (Wildman–Crippen LogP) is 2.15. The van der Waals surface area contributed by atoms with Crippen LogP contribution in [0.4, 0.5) is 11.4 Å². The molecule has 1 aliphatic heterocycles. The highest BCUT2D eigenvalue weighted by atomic mass is 16.5. The lowest BCUT2D eigenvalue weighted by Gasteiger charge is -2.45. The highest BCUT2D eigenvalue weighted by molar-refractivity contribution is 6.06. The maximum atomic E-state index is 11.8. The van der Waals surface area contributed by atoms with Crippen LogP contribution < -0.4 is 26.4 Å². The van der Waals surface area contributed by atoms with Gasteiger partial charge in [0.05, 0.1) is 12.8 Å². The maximum absolute atomic E-state index is 11.8. The summed E-state index contributed by atoms with van der Waals surface area (Å²) in [4.78, 5) is 22.5. The average molecular weight is 358 g/mol. The normalized spacial score (nSPS) is 18.9. The van der Waals surface area contributed by atoms with E-state index in [0.29, 0.717) is 17.9 Å². The third-order valence-corrected chi connectivity index (χ3v) is 4.88. The molecule has 8 heteroatoms. The Morgan fingerprint density at radius 1 is 1.31 bits per heavy atom. The van der Waals surface area contributed by atoms with Gasteiger partial charge < -0.3 is 21.5 Å². The summed E-state index contributed by atoms with van der Waals surface area (Å²) in [5.74, 6) is 1.07. The molecule has 1 amide bonds. The molecular formula is C18H26N6O2. The van der Waals surface area contributed by atoms with Gasteiger partial charge in [0.25, 0.3) is 0 Å². The first-order chi connectivity index (χ1) is 12.5. The summed E-state index contributed by atoms with van der Waals surface area (Å²) in [6, 6.07) is 5.46. The molecule has 3 rings (SSSR count). The van der Waals surface area contributed by atoms with E-state index in [0.717, 1.165) is 37.8 Å². The number of carbonyl (C=O) groups excluding carboxylic acids is 1. The van der Waals surface area contributed by atoms with Gasteiger partial charge in [-0.1, -0.05) is 13.3 Å². The highest BCUT2D eigenvalue weighted by Crippen LogP contribution is 2.43. The third kappa shape index (κ3) is 3.31. The fourth-order valence-corrected chi connectivity index (χ4v) is 3.66. The van der Waals surface area contributed by atoms with Gasteiger partial charge in [0, 0.05) is 12.1 Å². The molecule has 0 bridgehead atoms. The summed E-state index contributed by atoms with van der Waals surface area (Å²) >= 11 is 0. The largest absolute Gasteiger partial charge is 0.495 e. The Kier molecular flexibility index (Phi) is 5.01. The third-order valence-electron chi connectivity index (χ3n) is 4.88. The molecule has 2 aliphatic rings. The first kappa shape index (κ1) is 18.0. The van der Waals surface area contributed by atoms with Crippen LogP contribution in [0.1, 0.15) is 45.4 Å². The topological polar surface area (TPSA) is 118 Å². The van der Waals surface area contributed by atoms with Gasteiger partial charge in [-0.2, -0.15) is 4.99 Å². The molecule has 5 N–H and O–H groups in total. The molecule has 1 aromatic carbocycles. The second kappa shape index (κ2) is 7.23. The molecule has 1 fully saturated rings. The van der Waals surface area contributed by atoms with E-state index in [-0.39, 0.29) is 17.8 Å². The van der Waals surface area contributed by atoms with Gasteiger partial charge in [0.1, 0.15) is 11.4 Å². The van der Waals surface area contributed by atoms with Gasteiger partial charge in [-0.25, -0.2) is 4.99 Å². The molecule has 0 unspecified atom stereocenters. The lowest BCUT2D eigenvalue weighted by Crippen LogP contribution is -2.58. The molecule has 0 radical (unpaired) electrons. The molecule has 26 heavy (non-hydrogen) atoms. The maximum Gasteiger partial charge on any atom is 0.224 e. The second-order valence-corrected chi connectivity index (χ2v) is 6.61. The number of hydrogen-bond donors (Lipinski definition) is 3. The Labute approximate surface area is 153 Å². The quantitative estimate of drug-likeness (QED) is 0.762. The van der Waals surface area contributed by atoms with E-state index in [9.17, 15) is 4.79 Å². The molecular weight excluding hydrogens is 332 g/mol. The van der Waals surface area contributed by atoms with Crippen LogP contribution in [0, 0.1) is 0 Å². The molecule has 8 nitrogen and oxygen atoms in total. The van der Waals surface area contributed by atoms with Crippen molar-refractivity contribution in [1.29, 1.82) is 0 Å². The fourth-order valence-electron chi connectivity index (χ4n) is 3.66. The molecule has 140 valence electrons. The van der Waals surface area contributed by atoms with Crippen LogP contribution in [-0.2, 0) is 4.79 Å². The Morgan fingerprint density at radius 3 is 2.69 bits per heavy atom. The minimum absolute atomic E-state index is 0.0592. The number of carbonyl (C=O) groups is 1. The van der Waals surface area contributed by atoms with Crippen LogP contribution >= 0.6 is 0 Å². The first-order valence-corrected chi connectivity index (χ1v) is 8.96. The van der Waals surface area contributed by atoms with E-state index < -0.39 is 5.66 Å². The van der Waals surface area contributed by atoms with Crippen molar-refractivity contribution in [2.75, 3.05) is 17.3 Å². The first-order valence-electron chi connectivity index (χ1n) is 8.96. The molecule has 1 spiro atoms. The van der Waals surface area contributed by atoms with Crippen LogP contribution in [0.3, 0.4) is 0 Å². The van der Waals surface area contributed by atoms with Crippen LogP contribution in [0.15, 0.2) is 28.2 Å². The molecule has 1 heterocycles. The number of amides is 1. The zero-order valence-electron chi connectivity index (χ0n) is 15.3. The van der Waals surface area contributed by atoms with E-state index in [2.05, 4.69) is 15.3 Å². The van der Waals surface area contributed by atoms with Crippen LogP contribution in [0.25, 0.3) is 0 Å². The van der Waals surface area contributed by atoms with Crippen molar-refractivity contribution < 1.29 is 9.53 Å². The number of rotatable bonds is 4. The Hall–Kier alpha value is -2.77. The number of guanidine groups is 2. The van der Waals surface area contributed by atoms with E-state index in [1.165, 1.54) is 0 Å². The SMILES string of the molecule is CCC(=O)Nc1ccc(OC)c(N2C(N)=NC(N)=NC23CCCCC3)c1. The summed E-state index contributed by atoms with van der Waals surface area (Å²) in [5, 5.41) is 2.87. The number of nitrogens with zero attached hydrogens (tertiary/aromatic N) is 3. The monoisotopic (exact) mass is 358 g/mol. The van der Waals surface area contributed by atoms with Crippen molar-refractivity contribution in [1.82, 2.24) is 0 Å². The van der Waals surface area contributed by atoms with Gasteiger partial charge in [-0.15, -0.1) is 0 Å². The lowest BCUT2D eigenvalue weighted by molar-refractivity contribution is -0.115. The van der Waals surface area contributed by atoms with Crippen molar-refractivity contribution in [3.8, 4) is 5.75 Å². The minimum atomic E-state index is -0.561. The van der Waals surface area contributed by atoms with Crippen molar-refractivity contribution in [3.05, 3.63) is 18.2 Å². The van der Waals surface area contributed by atoms with Crippen molar-refractivity contribution in [2.24, 2.45) is 21.5 Å². The summed E-state index contributed by atoms with van der Waals surface area (Å²) in [7, 11) is 1.60. The van der Waals surface area contributed by atoms with Crippen molar-refractivity contribution >= 4 is 29.2 Å². The van der Waals surface area contributed by atoms with Gasteiger partial charge >= 0.3 is 0 Å². The molecule has 1 aromatic rings. The number of hydrogen-bond acceptors (Lipinski definition) is 7. The number of nitrogens with two attached hydrogens (primary N) is 2. The van der Waals surface area contributed by atoms with E-state index in [4.69, 9.17) is 16.2 Å². The van der Waals surface area contributed by atoms with E-state index in [1.807, 2.05) is 24.0 Å². The van der Waals surface area contributed by atoms with Crippen LogP contribution in [0.2, 0.25) is 0 Å². The smallest absolute Gasteiger partial charge is 0.224 e. The zero-order valence-corrected chi connectivity index (χ0v) is 15.3. The number of anilines is 2. The molecule has 0 atom stereocenters. The molecule has 0 saturated heterocycles. The van der Waals surface area contributed by atoms with Crippen molar-refractivity contribution in [2.45, 2.75) is 51.1 Å². The van der Waals surface area contributed by atoms with Gasteiger partial charge in [0.15, 0.2) is 0 Å². The summed E-state index contributed by atoms with van der Waals surface area (Å²) in [5.41, 5.74) is 13.0. The Bertz CT molecular complexity index is 752. The molecule has 0 aromatic heterocycles. The van der Waals surface area contributed by atoms with E-state index >= 15 is 0 Å². The van der Waals surface area contributed by atoms with Crippen molar-refractivity contribution in [3.63, 3.8) is 0 Å². The minimum Gasteiger partial charge on any atom is -0.495 e. The van der Waals surface area contributed by atoms with Gasteiger partial charge in [0.2, 0.25) is 17.8 Å². The fraction of sp³-hybridized carbons (Fsp3) is 0.500. The van der Waals surface area contributed by atoms with Crippen LogP contribution in [-0.4, -0.2) is 30.6 Å².